The molecule has 0 saturated carbocycles. The number of carbonyl (C=O) groups excluding carboxylic acids is 1. The number of imidazole rings is 1. The van der Waals surface area contributed by atoms with Gasteiger partial charge in [0.2, 0.25) is 0 Å². The summed E-state index contributed by atoms with van der Waals surface area (Å²) >= 11 is 0. The van der Waals surface area contributed by atoms with E-state index in [2.05, 4.69) is 15.3 Å². The monoisotopic (exact) mass is 245 g/mol. The highest BCUT2D eigenvalue weighted by molar-refractivity contribution is 5.95. The molecule has 0 aliphatic rings. The van der Waals surface area contributed by atoms with E-state index in [1.165, 1.54) is 24.3 Å². The molecule has 0 aliphatic carbocycles. The zero-order valence-electron chi connectivity index (χ0n) is 9.38. The van der Waals surface area contributed by atoms with Gasteiger partial charge >= 0.3 is 5.97 Å². The summed E-state index contributed by atoms with van der Waals surface area (Å²) in [6, 6.07) is 5.73. The number of aromatic amines is 1. The molecule has 0 saturated heterocycles. The minimum absolute atomic E-state index is 0.151. The average Bonchev–Trinajstić information content (AvgIpc) is 2.89. The van der Waals surface area contributed by atoms with Gasteiger partial charge in [-0.2, -0.15) is 0 Å². The molecule has 2 aromatic rings. The molecule has 6 heteroatoms. The summed E-state index contributed by atoms with van der Waals surface area (Å²) in [5.41, 5.74) is 0.559. The van der Waals surface area contributed by atoms with Crippen molar-refractivity contribution in [3.05, 3.63) is 53.6 Å². The summed E-state index contributed by atoms with van der Waals surface area (Å²) in [6.45, 7) is 0.298. The molecule has 1 heterocycles. The molecule has 1 aromatic carbocycles. The second kappa shape index (κ2) is 5.13. The van der Waals surface area contributed by atoms with Gasteiger partial charge < -0.3 is 15.4 Å². The second-order valence-corrected chi connectivity index (χ2v) is 3.60. The molecule has 0 bridgehead atoms. The molecule has 0 atom stereocenters. The number of nitrogens with zero attached hydrogens (tertiary/aromatic N) is 1. The first-order valence-electron chi connectivity index (χ1n) is 5.26. The van der Waals surface area contributed by atoms with Gasteiger partial charge in [-0.05, 0) is 24.3 Å². The summed E-state index contributed by atoms with van der Waals surface area (Å²) < 4.78 is 0. The van der Waals surface area contributed by atoms with Crippen molar-refractivity contribution in [2.24, 2.45) is 0 Å². The lowest BCUT2D eigenvalue weighted by molar-refractivity contribution is 0.0696. The van der Waals surface area contributed by atoms with Gasteiger partial charge in [0.15, 0.2) is 0 Å². The summed E-state index contributed by atoms with van der Waals surface area (Å²) in [5.74, 6) is -0.633. The molecule has 2 rings (SSSR count). The third-order valence-corrected chi connectivity index (χ3v) is 2.37. The fraction of sp³-hybridized carbons (Fsp3) is 0.0833. The Morgan fingerprint density at radius 1 is 1.22 bits per heavy atom. The van der Waals surface area contributed by atoms with Gasteiger partial charge in [-0.15, -0.1) is 0 Å². The highest BCUT2D eigenvalue weighted by Crippen LogP contribution is 2.04. The number of nitrogens with one attached hydrogen (secondary N) is 2. The highest BCUT2D eigenvalue weighted by Gasteiger charge is 2.07. The number of hydrogen-bond acceptors (Lipinski definition) is 3. The maximum Gasteiger partial charge on any atom is 0.335 e. The molecule has 18 heavy (non-hydrogen) atoms. The molecule has 3 N–H and O–H groups in total. The van der Waals surface area contributed by atoms with Crippen molar-refractivity contribution in [2.75, 3.05) is 0 Å². The Labute approximate surface area is 103 Å². The van der Waals surface area contributed by atoms with Crippen LogP contribution in [-0.2, 0) is 6.54 Å². The molecule has 1 amide bonds. The number of carbonyl (C=O) groups is 2. The number of hydrogen-bond donors (Lipinski definition) is 3. The predicted molar refractivity (Wildman–Crippen MR) is 63.2 cm³/mol. The van der Waals surface area contributed by atoms with Crippen molar-refractivity contribution in [2.45, 2.75) is 6.54 Å². The first kappa shape index (κ1) is 11.8. The van der Waals surface area contributed by atoms with E-state index >= 15 is 0 Å². The Balaban J connectivity index is 1.98. The van der Waals surface area contributed by atoms with Crippen LogP contribution >= 0.6 is 0 Å². The minimum Gasteiger partial charge on any atom is -0.478 e. The third kappa shape index (κ3) is 2.73. The molecular weight excluding hydrogens is 234 g/mol. The highest BCUT2D eigenvalue weighted by atomic mass is 16.4. The normalized spacial score (nSPS) is 10.0. The number of aromatic carboxylic acids is 1. The predicted octanol–water partition coefficient (Wildman–Crippen LogP) is 1.04. The van der Waals surface area contributed by atoms with Gasteiger partial charge in [-0.3, -0.25) is 4.79 Å². The fourth-order valence-electron chi connectivity index (χ4n) is 1.42. The van der Waals surface area contributed by atoms with E-state index in [4.69, 9.17) is 5.11 Å². The smallest absolute Gasteiger partial charge is 0.335 e. The van der Waals surface area contributed by atoms with E-state index < -0.39 is 5.97 Å². The Hall–Kier alpha value is -2.63. The molecule has 0 unspecified atom stereocenters. The van der Waals surface area contributed by atoms with Crippen LogP contribution in [0.3, 0.4) is 0 Å². The zero-order chi connectivity index (χ0) is 13.0. The number of carboxylic acid groups (broad SMARTS) is 1. The molecule has 1 aromatic heterocycles. The quantitative estimate of drug-likeness (QED) is 0.749. The number of rotatable bonds is 4. The Morgan fingerprint density at radius 3 is 2.44 bits per heavy atom. The Kier molecular flexibility index (Phi) is 3.38. The van der Waals surface area contributed by atoms with E-state index in [0.717, 1.165) is 0 Å². The van der Waals surface area contributed by atoms with Gasteiger partial charge in [-0.1, -0.05) is 0 Å². The van der Waals surface area contributed by atoms with E-state index in [0.29, 0.717) is 17.9 Å². The Bertz CT molecular complexity index is 546. The van der Waals surface area contributed by atoms with Crippen LogP contribution in [0.15, 0.2) is 36.7 Å². The molecule has 92 valence electrons. The number of H-pyrrole nitrogens is 1. The maximum atomic E-state index is 11.7. The number of amides is 1. The van der Waals surface area contributed by atoms with Gasteiger partial charge in [-0.25, -0.2) is 9.78 Å². The number of carboxylic acids is 1. The lowest BCUT2D eigenvalue weighted by Gasteiger charge is -2.03. The average molecular weight is 245 g/mol. The fourth-order valence-corrected chi connectivity index (χ4v) is 1.42. The van der Waals surface area contributed by atoms with Crippen molar-refractivity contribution >= 4 is 11.9 Å². The van der Waals surface area contributed by atoms with Crippen LogP contribution in [-0.4, -0.2) is 27.0 Å². The standard InChI is InChI=1S/C12H11N3O3/c16-11(15-7-10-13-5-6-14-10)8-1-3-9(4-2-8)12(17)18/h1-6H,7H2,(H,13,14)(H,15,16)(H,17,18). The van der Waals surface area contributed by atoms with Crippen molar-refractivity contribution in [3.8, 4) is 0 Å². The van der Waals surface area contributed by atoms with E-state index in [-0.39, 0.29) is 11.5 Å². The van der Waals surface area contributed by atoms with Gasteiger partial charge in [0.1, 0.15) is 5.82 Å². The first-order chi connectivity index (χ1) is 8.66. The van der Waals surface area contributed by atoms with Crippen LogP contribution < -0.4 is 5.32 Å². The largest absolute Gasteiger partial charge is 0.478 e. The van der Waals surface area contributed by atoms with Crippen LogP contribution in [0.25, 0.3) is 0 Å². The lowest BCUT2D eigenvalue weighted by Crippen LogP contribution is -2.23. The topological polar surface area (TPSA) is 95.1 Å². The summed E-state index contributed by atoms with van der Waals surface area (Å²) in [5, 5.41) is 11.4. The Morgan fingerprint density at radius 2 is 1.89 bits per heavy atom. The maximum absolute atomic E-state index is 11.7. The van der Waals surface area contributed by atoms with E-state index in [9.17, 15) is 9.59 Å². The van der Waals surface area contributed by atoms with Crippen LogP contribution in [0.2, 0.25) is 0 Å². The van der Waals surface area contributed by atoms with Crippen LogP contribution in [0, 0.1) is 0 Å². The number of aromatic nitrogens is 2. The molecule has 6 nitrogen and oxygen atoms in total. The van der Waals surface area contributed by atoms with Crippen LogP contribution in [0.1, 0.15) is 26.5 Å². The van der Waals surface area contributed by atoms with E-state index in [1.807, 2.05) is 0 Å². The molecule has 0 radical (unpaired) electrons. The lowest BCUT2D eigenvalue weighted by atomic mass is 10.1. The number of benzene rings is 1. The summed E-state index contributed by atoms with van der Waals surface area (Å²) in [4.78, 5) is 29.2. The minimum atomic E-state index is -1.02. The van der Waals surface area contributed by atoms with Crippen molar-refractivity contribution < 1.29 is 14.7 Å². The third-order valence-electron chi connectivity index (χ3n) is 2.37. The zero-order valence-corrected chi connectivity index (χ0v) is 9.38. The van der Waals surface area contributed by atoms with Crippen LogP contribution in [0.5, 0.6) is 0 Å². The SMILES string of the molecule is O=C(O)c1ccc(C(=O)NCc2ncc[nH]2)cc1. The molecule has 0 aliphatic heterocycles. The van der Waals surface area contributed by atoms with Crippen molar-refractivity contribution in [3.63, 3.8) is 0 Å². The van der Waals surface area contributed by atoms with Crippen LogP contribution in [0.4, 0.5) is 0 Å². The summed E-state index contributed by atoms with van der Waals surface area (Å²) in [6.07, 6.45) is 3.27. The molecule has 0 fully saturated rings. The molecule has 0 spiro atoms. The van der Waals surface area contributed by atoms with Gasteiger partial charge in [0, 0.05) is 18.0 Å². The van der Waals surface area contributed by atoms with Gasteiger partial charge in [0.05, 0.1) is 12.1 Å². The van der Waals surface area contributed by atoms with Gasteiger partial charge in [0.25, 0.3) is 5.91 Å². The second-order valence-electron chi connectivity index (χ2n) is 3.60. The van der Waals surface area contributed by atoms with E-state index in [1.54, 1.807) is 12.4 Å². The van der Waals surface area contributed by atoms with Crippen molar-refractivity contribution in [1.29, 1.82) is 0 Å². The first-order valence-corrected chi connectivity index (χ1v) is 5.26. The summed E-state index contributed by atoms with van der Waals surface area (Å²) in [7, 11) is 0. The van der Waals surface area contributed by atoms with Crippen molar-refractivity contribution in [1.82, 2.24) is 15.3 Å². The molecular formula is C12H11N3O3.